The second kappa shape index (κ2) is 6.89. The molecule has 13 heavy (non-hydrogen) atoms. The Morgan fingerprint density at radius 2 is 2.00 bits per heavy atom. The van der Waals surface area contributed by atoms with Crippen molar-refractivity contribution in [3.05, 3.63) is 0 Å². The third-order valence-corrected chi connectivity index (χ3v) is 1.93. The highest BCUT2D eigenvalue weighted by Crippen LogP contribution is 2.13. The first kappa shape index (κ1) is 12.4. The standard InChI is InChI=1S/C10H20O3/c1-4-6-9(8(3)11)10(12)13-7-5-2/h8-9,11H,4-7H2,1-3H3. The number of hydrogen-bond donors (Lipinski definition) is 1. The molecule has 0 spiro atoms. The summed E-state index contributed by atoms with van der Waals surface area (Å²) in [6.45, 7) is 6.02. The van der Waals surface area contributed by atoms with Gasteiger partial charge in [-0.2, -0.15) is 0 Å². The molecule has 0 amide bonds. The van der Waals surface area contributed by atoms with Crippen molar-refractivity contribution in [2.45, 2.75) is 46.1 Å². The molecule has 0 rings (SSSR count). The molecule has 0 aliphatic rings. The maximum Gasteiger partial charge on any atom is 0.311 e. The van der Waals surface area contributed by atoms with Crippen LogP contribution in [0.5, 0.6) is 0 Å². The molecule has 0 radical (unpaired) electrons. The van der Waals surface area contributed by atoms with Crippen molar-refractivity contribution >= 4 is 5.97 Å². The summed E-state index contributed by atoms with van der Waals surface area (Å²) >= 11 is 0. The normalized spacial score (nSPS) is 15.1. The van der Waals surface area contributed by atoms with Gasteiger partial charge in [0.2, 0.25) is 0 Å². The molecule has 0 aliphatic carbocycles. The number of aliphatic hydroxyl groups excluding tert-OH is 1. The van der Waals surface area contributed by atoms with Crippen LogP contribution in [0.1, 0.15) is 40.0 Å². The van der Waals surface area contributed by atoms with E-state index < -0.39 is 6.10 Å². The Labute approximate surface area is 80.1 Å². The molecule has 2 atom stereocenters. The summed E-state index contributed by atoms with van der Waals surface area (Å²) < 4.78 is 4.97. The van der Waals surface area contributed by atoms with E-state index >= 15 is 0 Å². The fourth-order valence-corrected chi connectivity index (χ4v) is 1.18. The zero-order chi connectivity index (χ0) is 10.3. The molecule has 0 aromatic carbocycles. The van der Waals surface area contributed by atoms with Crippen molar-refractivity contribution in [2.75, 3.05) is 6.61 Å². The lowest BCUT2D eigenvalue weighted by molar-refractivity contribution is -0.152. The molecule has 3 heteroatoms. The Kier molecular flexibility index (Phi) is 6.59. The molecule has 0 saturated heterocycles. The fourth-order valence-electron chi connectivity index (χ4n) is 1.18. The second-order valence-electron chi connectivity index (χ2n) is 3.30. The number of aliphatic hydroxyl groups is 1. The van der Waals surface area contributed by atoms with Gasteiger partial charge in [0, 0.05) is 0 Å². The van der Waals surface area contributed by atoms with Crippen molar-refractivity contribution in [3.8, 4) is 0 Å². The van der Waals surface area contributed by atoms with Crippen LogP contribution in [-0.2, 0) is 9.53 Å². The largest absolute Gasteiger partial charge is 0.465 e. The van der Waals surface area contributed by atoms with Gasteiger partial charge in [-0.3, -0.25) is 4.79 Å². The van der Waals surface area contributed by atoms with Gasteiger partial charge in [-0.25, -0.2) is 0 Å². The third kappa shape index (κ3) is 4.88. The molecular formula is C10H20O3. The summed E-state index contributed by atoms with van der Waals surface area (Å²) in [6, 6.07) is 0. The minimum absolute atomic E-state index is 0.265. The summed E-state index contributed by atoms with van der Waals surface area (Å²) in [5, 5.41) is 9.31. The predicted molar refractivity (Wildman–Crippen MR) is 51.3 cm³/mol. The van der Waals surface area contributed by atoms with Gasteiger partial charge in [-0.05, 0) is 19.8 Å². The Morgan fingerprint density at radius 3 is 2.38 bits per heavy atom. The lowest BCUT2D eigenvalue weighted by Gasteiger charge is -2.17. The van der Waals surface area contributed by atoms with Crippen LogP contribution < -0.4 is 0 Å². The summed E-state index contributed by atoms with van der Waals surface area (Å²) in [5.74, 6) is -0.616. The molecule has 0 bridgehead atoms. The highest BCUT2D eigenvalue weighted by atomic mass is 16.5. The number of esters is 1. The molecule has 0 saturated carbocycles. The number of carbonyl (C=O) groups excluding carboxylic acids is 1. The van der Waals surface area contributed by atoms with E-state index in [0.717, 1.165) is 12.8 Å². The van der Waals surface area contributed by atoms with E-state index in [1.165, 1.54) is 0 Å². The van der Waals surface area contributed by atoms with E-state index in [4.69, 9.17) is 4.74 Å². The van der Waals surface area contributed by atoms with Crippen LogP contribution in [-0.4, -0.2) is 23.8 Å². The van der Waals surface area contributed by atoms with E-state index in [2.05, 4.69) is 0 Å². The van der Waals surface area contributed by atoms with E-state index in [1.54, 1.807) is 6.92 Å². The Morgan fingerprint density at radius 1 is 1.38 bits per heavy atom. The average molecular weight is 188 g/mol. The van der Waals surface area contributed by atoms with E-state index in [9.17, 15) is 9.90 Å². The van der Waals surface area contributed by atoms with Crippen molar-refractivity contribution in [3.63, 3.8) is 0 Å². The Hall–Kier alpha value is -0.570. The predicted octanol–water partition coefficient (Wildman–Crippen LogP) is 1.74. The zero-order valence-electron chi connectivity index (χ0n) is 8.75. The molecule has 0 aromatic heterocycles. The maximum atomic E-state index is 11.4. The van der Waals surface area contributed by atoms with Crippen LogP contribution in [0.4, 0.5) is 0 Å². The van der Waals surface area contributed by atoms with Gasteiger partial charge < -0.3 is 9.84 Å². The molecule has 0 fully saturated rings. The quantitative estimate of drug-likeness (QED) is 0.646. The molecule has 0 heterocycles. The monoisotopic (exact) mass is 188 g/mol. The van der Waals surface area contributed by atoms with Gasteiger partial charge in [-0.1, -0.05) is 20.3 Å². The van der Waals surface area contributed by atoms with Gasteiger partial charge in [0.25, 0.3) is 0 Å². The van der Waals surface area contributed by atoms with Crippen LogP contribution in [0.25, 0.3) is 0 Å². The first-order valence-corrected chi connectivity index (χ1v) is 4.98. The van der Waals surface area contributed by atoms with Crippen LogP contribution >= 0.6 is 0 Å². The summed E-state index contributed by atoms with van der Waals surface area (Å²) in [6.07, 6.45) is 1.80. The first-order valence-electron chi connectivity index (χ1n) is 4.98. The van der Waals surface area contributed by atoms with Crippen molar-refractivity contribution < 1.29 is 14.6 Å². The molecule has 0 aromatic rings. The Balaban J connectivity index is 3.96. The lowest BCUT2D eigenvalue weighted by Crippen LogP contribution is -2.27. The number of ether oxygens (including phenoxy) is 1. The minimum Gasteiger partial charge on any atom is -0.465 e. The van der Waals surface area contributed by atoms with Crippen LogP contribution in [0, 0.1) is 5.92 Å². The van der Waals surface area contributed by atoms with Gasteiger partial charge in [-0.15, -0.1) is 0 Å². The van der Waals surface area contributed by atoms with Crippen LogP contribution in [0.15, 0.2) is 0 Å². The molecule has 3 nitrogen and oxygen atoms in total. The van der Waals surface area contributed by atoms with E-state index in [-0.39, 0.29) is 11.9 Å². The van der Waals surface area contributed by atoms with Crippen LogP contribution in [0.3, 0.4) is 0 Å². The minimum atomic E-state index is -0.607. The van der Waals surface area contributed by atoms with Gasteiger partial charge in [0.1, 0.15) is 0 Å². The lowest BCUT2D eigenvalue weighted by atomic mass is 9.98. The fraction of sp³-hybridized carbons (Fsp3) is 0.900. The first-order chi connectivity index (χ1) is 6.13. The molecular weight excluding hydrogens is 168 g/mol. The van der Waals surface area contributed by atoms with E-state index in [1.807, 2.05) is 13.8 Å². The smallest absolute Gasteiger partial charge is 0.311 e. The molecule has 1 N–H and O–H groups in total. The third-order valence-electron chi connectivity index (χ3n) is 1.93. The Bertz CT molecular complexity index is 143. The molecule has 2 unspecified atom stereocenters. The highest BCUT2D eigenvalue weighted by molar-refractivity contribution is 5.72. The summed E-state index contributed by atoms with van der Waals surface area (Å²) in [7, 11) is 0. The average Bonchev–Trinajstić information content (AvgIpc) is 2.09. The number of rotatable bonds is 6. The number of carbonyl (C=O) groups is 1. The summed E-state index contributed by atoms with van der Waals surface area (Å²) in [5.41, 5.74) is 0. The SMILES string of the molecule is CCCOC(=O)C(CCC)C(C)O. The van der Waals surface area contributed by atoms with Crippen molar-refractivity contribution in [1.29, 1.82) is 0 Å². The highest BCUT2D eigenvalue weighted by Gasteiger charge is 2.23. The van der Waals surface area contributed by atoms with Crippen molar-refractivity contribution in [2.24, 2.45) is 5.92 Å². The van der Waals surface area contributed by atoms with Gasteiger partial charge in [0.05, 0.1) is 18.6 Å². The van der Waals surface area contributed by atoms with E-state index in [0.29, 0.717) is 13.0 Å². The van der Waals surface area contributed by atoms with Crippen molar-refractivity contribution in [1.82, 2.24) is 0 Å². The number of hydrogen-bond acceptors (Lipinski definition) is 3. The van der Waals surface area contributed by atoms with Gasteiger partial charge in [0.15, 0.2) is 0 Å². The zero-order valence-corrected chi connectivity index (χ0v) is 8.75. The maximum absolute atomic E-state index is 11.4. The van der Waals surface area contributed by atoms with Gasteiger partial charge >= 0.3 is 5.97 Å². The topological polar surface area (TPSA) is 46.5 Å². The second-order valence-corrected chi connectivity index (χ2v) is 3.30. The summed E-state index contributed by atoms with van der Waals surface area (Å²) in [4.78, 5) is 11.4. The molecule has 78 valence electrons. The van der Waals surface area contributed by atoms with Crippen LogP contribution in [0.2, 0.25) is 0 Å². The molecule has 0 aliphatic heterocycles.